The van der Waals surface area contributed by atoms with Gasteiger partial charge in [-0.1, -0.05) is 5.92 Å². The fourth-order valence-corrected chi connectivity index (χ4v) is 3.23. The van der Waals surface area contributed by atoms with Gasteiger partial charge in [-0.2, -0.15) is 13.2 Å². The second-order valence-corrected chi connectivity index (χ2v) is 7.09. The first-order valence-corrected chi connectivity index (χ1v) is 9.75. The number of alkyl halides is 3. The number of hydrogen-bond donors (Lipinski definition) is 2. The largest absolute Gasteiger partial charge is 0.480 e. The summed E-state index contributed by atoms with van der Waals surface area (Å²) in [4.78, 5) is 20.0. The average Bonchev–Trinajstić information content (AvgIpc) is 3.07. The Kier molecular flexibility index (Phi) is 6.70. The molecule has 3 aromatic heterocycles. The SMILES string of the molecule is CNC(=O)c1ccc(NCC#Cc2nc3c(Br)cccn3c2CC(F)(F)F)c(OC)n1. The van der Waals surface area contributed by atoms with Gasteiger partial charge in [-0.3, -0.25) is 4.79 Å². The van der Waals surface area contributed by atoms with Gasteiger partial charge in [0, 0.05) is 13.2 Å². The molecule has 0 aromatic carbocycles. The van der Waals surface area contributed by atoms with Crippen LogP contribution in [-0.2, 0) is 6.42 Å². The number of pyridine rings is 2. The number of imidazole rings is 1. The van der Waals surface area contributed by atoms with Gasteiger partial charge in [0.05, 0.1) is 35.9 Å². The summed E-state index contributed by atoms with van der Waals surface area (Å²) in [6.45, 7) is 0.0951. The van der Waals surface area contributed by atoms with Crippen molar-refractivity contribution in [2.24, 2.45) is 0 Å². The van der Waals surface area contributed by atoms with E-state index in [0.717, 1.165) is 0 Å². The van der Waals surface area contributed by atoms with E-state index in [1.165, 1.54) is 30.8 Å². The van der Waals surface area contributed by atoms with Crippen LogP contribution < -0.4 is 15.4 Å². The number of carbonyl (C=O) groups is 1. The Balaban J connectivity index is 1.84. The first-order chi connectivity index (χ1) is 14.7. The number of anilines is 1. The van der Waals surface area contributed by atoms with Gasteiger partial charge >= 0.3 is 6.18 Å². The zero-order chi connectivity index (χ0) is 22.6. The molecule has 162 valence electrons. The summed E-state index contributed by atoms with van der Waals surface area (Å²) < 4.78 is 46.3. The number of carbonyl (C=O) groups excluding carboxylic acids is 1. The van der Waals surface area contributed by atoms with E-state index in [1.54, 1.807) is 18.2 Å². The van der Waals surface area contributed by atoms with Gasteiger partial charge in [-0.05, 0) is 46.1 Å². The molecule has 11 heteroatoms. The molecule has 0 bridgehead atoms. The molecule has 0 fully saturated rings. The fourth-order valence-electron chi connectivity index (χ4n) is 2.79. The van der Waals surface area contributed by atoms with Crippen molar-refractivity contribution in [3.63, 3.8) is 0 Å². The molecule has 1 amide bonds. The van der Waals surface area contributed by atoms with Crippen molar-refractivity contribution in [1.29, 1.82) is 0 Å². The molecule has 0 unspecified atom stereocenters. The molecule has 0 saturated carbocycles. The van der Waals surface area contributed by atoms with E-state index >= 15 is 0 Å². The van der Waals surface area contributed by atoms with Crippen LogP contribution in [0.25, 0.3) is 5.65 Å². The van der Waals surface area contributed by atoms with Gasteiger partial charge in [-0.15, -0.1) is 0 Å². The van der Waals surface area contributed by atoms with Crippen LogP contribution in [0.15, 0.2) is 34.9 Å². The van der Waals surface area contributed by atoms with E-state index in [-0.39, 0.29) is 35.4 Å². The number of halogens is 4. The quantitative estimate of drug-likeness (QED) is 0.530. The van der Waals surface area contributed by atoms with Crippen molar-refractivity contribution in [1.82, 2.24) is 19.7 Å². The molecule has 2 N–H and O–H groups in total. The molecular weight excluding hydrogens is 479 g/mol. The van der Waals surface area contributed by atoms with Crippen LogP contribution in [0, 0.1) is 11.8 Å². The first-order valence-electron chi connectivity index (χ1n) is 8.95. The maximum atomic E-state index is 13.1. The number of amides is 1. The predicted molar refractivity (Wildman–Crippen MR) is 112 cm³/mol. The normalized spacial score (nSPS) is 11.0. The standard InChI is InChI=1S/C20H17BrF3N5O2/c1-25-18(30)14-7-8-15(19(28-14)31-2)26-9-3-6-13-16(11-20(22,23)24)29-10-4-5-12(21)17(29)27-13/h4-5,7-8,10,26H,9,11H2,1-2H3,(H,25,30). The molecule has 3 heterocycles. The Morgan fingerprint density at radius 2 is 2.06 bits per heavy atom. The van der Waals surface area contributed by atoms with Gasteiger partial charge < -0.3 is 19.8 Å². The van der Waals surface area contributed by atoms with E-state index in [4.69, 9.17) is 4.74 Å². The van der Waals surface area contributed by atoms with Crippen LogP contribution in [0.3, 0.4) is 0 Å². The van der Waals surface area contributed by atoms with Crippen LogP contribution in [0.1, 0.15) is 21.9 Å². The number of nitrogens with zero attached hydrogens (tertiary/aromatic N) is 3. The summed E-state index contributed by atoms with van der Waals surface area (Å²) in [5, 5.41) is 5.44. The second-order valence-electron chi connectivity index (χ2n) is 6.24. The molecule has 3 rings (SSSR count). The zero-order valence-electron chi connectivity index (χ0n) is 16.5. The van der Waals surface area contributed by atoms with E-state index in [0.29, 0.717) is 15.8 Å². The smallest absolute Gasteiger partial charge is 0.394 e. The van der Waals surface area contributed by atoms with Gasteiger partial charge in [0.15, 0.2) is 5.65 Å². The molecule has 0 aliphatic carbocycles. The highest BCUT2D eigenvalue weighted by molar-refractivity contribution is 9.10. The molecule has 0 saturated heterocycles. The van der Waals surface area contributed by atoms with E-state index in [2.05, 4.69) is 48.4 Å². The number of fused-ring (bicyclic) bond motifs is 1. The maximum absolute atomic E-state index is 13.1. The van der Waals surface area contributed by atoms with Crippen LogP contribution in [0.5, 0.6) is 5.88 Å². The Morgan fingerprint density at radius 3 is 2.74 bits per heavy atom. The molecule has 0 aliphatic rings. The third kappa shape index (κ3) is 5.27. The molecule has 0 spiro atoms. The Bertz CT molecular complexity index is 1180. The van der Waals surface area contributed by atoms with Gasteiger partial charge in [0.1, 0.15) is 11.4 Å². The molecule has 3 aromatic rings. The Labute approximate surface area is 184 Å². The summed E-state index contributed by atoms with van der Waals surface area (Å²) in [6.07, 6.45) is -4.04. The maximum Gasteiger partial charge on any atom is 0.394 e. The van der Waals surface area contributed by atoms with Crippen LogP contribution >= 0.6 is 15.9 Å². The lowest BCUT2D eigenvalue weighted by Gasteiger charge is -2.09. The zero-order valence-corrected chi connectivity index (χ0v) is 18.1. The molecular formula is C20H17BrF3N5O2. The fraction of sp³-hybridized carbons (Fsp3) is 0.250. The monoisotopic (exact) mass is 495 g/mol. The third-order valence-electron chi connectivity index (χ3n) is 4.16. The number of rotatable bonds is 5. The van der Waals surface area contributed by atoms with Crippen molar-refractivity contribution in [3.8, 4) is 17.7 Å². The van der Waals surface area contributed by atoms with Gasteiger partial charge in [0.25, 0.3) is 5.91 Å². The summed E-state index contributed by atoms with van der Waals surface area (Å²) in [5.74, 6) is 5.31. The summed E-state index contributed by atoms with van der Waals surface area (Å²) in [7, 11) is 2.90. The minimum atomic E-state index is -4.40. The van der Waals surface area contributed by atoms with Crippen LogP contribution in [0.2, 0.25) is 0 Å². The molecule has 31 heavy (non-hydrogen) atoms. The van der Waals surface area contributed by atoms with Crippen molar-refractivity contribution in [2.75, 3.05) is 26.0 Å². The highest BCUT2D eigenvalue weighted by Gasteiger charge is 2.31. The van der Waals surface area contributed by atoms with Crippen LogP contribution in [0.4, 0.5) is 18.9 Å². The summed E-state index contributed by atoms with van der Waals surface area (Å²) in [5.41, 5.74) is 1.03. The predicted octanol–water partition coefficient (Wildman–Crippen LogP) is 3.43. The number of methoxy groups -OCH3 is 1. The number of aromatic nitrogens is 3. The van der Waals surface area contributed by atoms with Gasteiger partial charge in [0.2, 0.25) is 5.88 Å². The third-order valence-corrected chi connectivity index (χ3v) is 4.78. The Morgan fingerprint density at radius 1 is 1.29 bits per heavy atom. The molecule has 0 atom stereocenters. The highest BCUT2D eigenvalue weighted by Crippen LogP contribution is 2.27. The minimum Gasteiger partial charge on any atom is -0.480 e. The van der Waals surface area contributed by atoms with Crippen molar-refractivity contribution >= 4 is 33.2 Å². The number of hydrogen-bond acceptors (Lipinski definition) is 5. The van der Waals surface area contributed by atoms with E-state index in [9.17, 15) is 18.0 Å². The highest BCUT2D eigenvalue weighted by atomic mass is 79.9. The number of nitrogens with one attached hydrogen (secondary N) is 2. The van der Waals surface area contributed by atoms with Crippen molar-refractivity contribution in [3.05, 3.63) is 52.0 Å². The Hall–Kier alpha value is -3.26. The minimum absolute atomic E-state index is 0.0366. The lowest BCUT2D eigenvalue weighted by Crippen LogP contribution is -2.19. The lowest BCUT2D eigenvalue weighted by molar-refractivity contribution is -0.128. The van der Waals surface area contributed by atoms with E-state index < -0.39 is 12.6 Å². The molecule has 7 nitrogen and oxygen atoms in total. The summed E-state index contributed by atoms with van der Waals surface area (Å²) in [6, 6.07) is 6.44. The van der Waals surface area contributed by atoms with E-state index in [1.807, 2.05) is 0 Å². The molecule has 0 aliphatic heterocycles. The molecule has 0 radical (unpaired) electrons. The lowest BCUT2D eigenvalue weighted by atomic mass is 10.2. The average molecular weight is 496 g/mol. The van der Waals surface area contributed by atoms with Crippen LogP contribution in [-0.4, -0.2) is 47.2 Å². The second kappa shape index (κ2) is 9.26. The first kappa shape index (κ1) is 22.4. The van der Waals surface area contributed by atoms with Gasteiger partial charge in [-0.25, -0.2) is 9.97 Å². The van der Waals surface area contributed by atoms with Crippen molar-refractivity contribution < 1.29 is 22.7 Å². The summed E-state index contributed by atoms with van der Waals surface area (Å²) >= 11 is 3.30. The topological polar surface area (TPSA) is 80.6 Å². The van der Waals surface area contributed by atoms with Crippen molar-refractivity contribution in [2.45, 2.75) is 12.6 Å². The number of ether oxygens (including phenoxy) is 1.